The summed E-state index contributed by atoms with van der Waals surface area (Å²) in [5, 5.41) is 9.59. The normalized spacial score (nSPS) is 20.5. The molecule has 1 aliphatic heterocycles. The monoisotopic (exact) mass is 228 g/mol. The van der Waals surface area contributed by atoms with Crippen molar-refractivity contribution in [1.29, 1.82) is 5.26 Å². The highest BCUT2D eigenvalue weighted by molar-refractivity contribution is 5.33. The van der Waals surface area contributed by atoms with E-state index in [2.05, 4.69) is 36.1 Å². The Labute approximate surface area is 104 Å². The van der Waals surface area contributed by atoms with Crippen LogP contribution in [-0.4, -0.2) is 18.0 Å². The Balaban J connectivity index is 2.33. The van der Waals surface area contributed by atoms with E-state index in [0.29, 0.717) is 0 Å². The van der Waals surface area contributed by atoms with Crippen LogP contribution in [0.15, 0.2) is 24.3 Å². The third-order valence-electron chi connectivity index (χ3n) is 3.79. The minimum atomic E-state index is -0.466. The molecule has 1 fully saturated rings. The van der Waals surface area contributed by atoms with Gasteiger partial charge in [0, 0.05) is 0 Å². The molecule has 1 atom stereocenters. The molecule has 0 radical (unpaired) electrons. The van der Waals surface area contributed by atoms with E-state index in [1.807, 2.05) is 13.0 Å². The molecule has 0 bridgehead atoms. The maximum atomic E-state index is 9.59. The van der Waals surface area contributed by atoms with Crippen LogP contribution in [0, 0.1) is 18.3 Å². The largest absolute Gasteiger partial charge is 0.282 e. The lowest BCUT2D eigenvalue weighted by atomic mass is 9.89. The molecule has 17 heavy (non-hydrogen) atoms. The Kier molecular flexibility index (Phi) is 3.49. The molecule has 1 aromatic rings. The predicted octanol–water partition coefficient (Wildman–Crippen LogP) is 3.22. The third kappa shape index (κ3) is 2.35. The van der Waals surface area contributed by atoms with Crippen molar-refractivity contribution >= 4 is 0 Å². The lowest BCUT2D eigenvalue weighted by Gasteiger charge is -2.39. The first-order valence-corrected chi connectivity index (χ1v) is 6.40. The Morgan fingerprint density at radius 3 is 2.53 bits per heavy atom. The molecule has 0 N–H and O–H groups in total. The molecule has 2 nitrogen and oxygen atoms in total. The second-order valence-electron chi connectivity index (χ2n) is 5.10. The van der Waals surface area contributed by atoms with Gasteiger partial charge in [0.15, 0.2) is 0 Å². The van der Waals surface area contributed by atoms with Crippen molar-refractivity contribution in [2.24, 2.45) is 0 Å². The average Bonchev–Trinajstić information content (AvgIpc) is 2.39. The minimum absolute atomic E-state index is 0.466. The van der Waals surface area contributed by atoms with Crippen LogP contribution in [0.3, 0.4) is 0 Å². The van der Waals surface area contributed by atoms with Crippen LogP contribution >= 0.6 is 0 Å². The van der Waals surface area contributed by atoms with Crippen molar-refractivity contribution in [3.05, 3.63) is 35.4 Å². The molecular formula is C15H20N2. The number of benzene rings is 1. The molecule has 1 saturated heterocycles. The number of aryl methyl sites for hydroxylation is 1. The van der Waals surface area contributed by atoms with Gasteiger partial charge in [-0.1, -0.05) is 36.2 Å². The van der Waals surface area contributed by atoms with E-state index in [0.717, 1.165) is 18.7 Å². The number of nitrogens with zero attached hydrogens (tertiary/aromatic N) is 2. The first-order chi connectivity index (χ1) is 8.16. The fourth-order valence-electron chi connectivity index (χ4n) is 2.61. The van der Waals surface area contributed by atoms with Gasteiger partial charge in [-0.25, -0.2) is 0 Å². The zero-order chi connectivity index (χ0) is 12.3. The minimum Gasteiger partial charge on any atom is -0.282 e. The summed E-state index contributed by atoms with van der Waals surface area (Å²) in [5.74, 6) is 0. The van der Waals surface area contributed by atoms with E-state index in [9.17, 15) is 5.26 Å². The van der Waals surface area contributed by atoms with E-state index < -0.39 is 5.54 Å². The Bertz CT molecular complexity index is 427. The van der Waals surface area contributed by atoms with Crippen LogP contribution in [-0.2, 0) is 5.54 Å². The number of nitriles is 1. The summed E-state index contributed by atoms with van der Waals surface area (Å²) in [6.45, 7) is 6.21. The topological polar surface area (TPSA) is 27.0 Å². The molecule has 0 spiro atoms. The zero-order valence-electron chi connectivity index (χ0n) is 10.7. The molecule has 90 valence electrons. The first kappa shape index (κ1) is 12.1. The van der Waals surface area contributed by atoms with Crippen molar-refractivity contribution < 1.29 is 0 Å². The zero-order valence-corrected chi connectivity index (χ0v) is 10.7. The standard InChI is InChI=1S/C15H20N2/c1-13-7-6-8-14(11-13)15(2,12-16)17-9-4-3-5-10-17/h6-8,11H,3-5,9-10H2,1-2H3. The fraction of sp³-hybridized carbons (Fsp3) is 0.533. The molecule has 0 amide bonds. The number of hydrogen-bond donors (Lipinski definition) is 0. The number of piperidine rings is 1. The Hall–Kier alpha value is -1.33. The van der Waals surface area contributed by atoms with Gasteiger partial charge in [-0.3, -0.25) is 4.90 Å². The average molecular weight is 228 g/mol. The molecule has 0 aromatic heterocycles. The molecule has 2 rings (SSSR count). The Morgan fingerprint density at radius 1 is 1.24 bits per heavy atom. The van der Waals surface area contributed by atoms with Crippen LogP contribution < -0.4 is 0 Å². The Morgan fingerprint density at radius 2 is 1.94 bits per heavy atom. The van der Waals surface area contributed by atoms with E-state index in [4.69, 9.17) is 0 Å². The third-order valence-corrected chi connectivity index (χ3v) is 3.79. The van der Waals surface area contributed by atoms with E-state index >= 15 is 0 Å². The van der Waals surface area contributed by atoms with Crippen molar-refractivity contribution in [3.8, 4) is 6.07 Å². The SMILES string of the molecule is Cc1cccc(C(C)(C#N)N2CCCCC2)c1. The number of hydrogen-bond acceptors (Lipinski definition) is 2. The van der Waals surface area contributed by atoms with Crippen molar-refractivity contribution in [2.45, 2.75) is 38.6 Å². The summed E-state index contributed by atoms with van der Waals surface area (Å²) in [6, 6.07) is 10.9. The van der Waals surface area contributed by atoms with Gasteiger partial charge in [0.2, 0.25) is 0 Å². The molecular weight excluding hydrogens is 208 g/mol. The molecule has 2 heteroatoms. The van der Waals surface area contributed by atoms with E-state index in [-0.39, 0.29) is 0 Å². The van der Waals surface area contributed by atoms with Gasteiger partial charge < -0.3 is 0 Å². The van der Waals surface area contributed by atoms with Gasteiger partial charge >= 0.3 is 0 Å². The summed E-state index contributed by atoms with van der Waals surface area (Å²) < 4.78 is 0. The molecule has 0 saturated carbocycles. The summed E-state index contributed by atoms with van der Waals surface area (Å²) in [6.07, 6.45) is 3.72. The van der Waals surface area contributed by atoms with Crippen LogP contribution in [0.5, 0.6) is 0 Å². The van der Waals surface area contributed by atoms with Gasteiger partial charge in [-0.2, -0.15) is 5.26 Å². The first-order valence-electron chi connectivity index (χ1n) is 6.40. The van der Waals surface area contributed by atoms with Gasteiger partial charge in [-0.15, -0.1) is 0 Å². The molecule has 1 heterocycles. The summed E-state index contributed by atoms with van der Waals surface area (Å²) >= 11 is 0. The van der Waals surface area contributed by atoms with Crippen molar-refractivity contribution in [2.75, 3.05) is 13.1 Å². The highest BCUT2D eigenvalue weighted by Crippen LogP contribution is 2.30. The van der Waals surface area contributed by atoms with Gasteiger partial charge in [0.25, 0.3) is 0 Å². The molecule has 1 aliphatic rings. The summed E-state index contributed by atoms with van der Waals surface area (Å²) in [5.41, 5.74) is 1.88. The van der Waals surface area contributed by atoms with E-state index in [1.54, 1.807) is 0 Å². The molecule has 1 unspecified atom stereocenters. The number of rotatable bonds is 2. The van der Waals surface area contributed by atoms with Crippen molar-refractivity contribution in [3.63, 3.8) is 0 Å². The van der Waals surface area contributed by atoms with Crippen molar-refractivity contribution in [1.82, 2.24) is 4.90 Å². The van der Waals surface area contributed by atoms with Crippen LogP contribution in [0.25, 0.3) is 0 Å². The lowest BCUT2D eigenvalue weighted by molar-refractivity contribution is 0.123. The highest BCUT2D eigenvalue weighted by Gasteiger charge is 2.34. The predicted molar refractivity (Wildman–Crippen MR) is 69.6 cm³/mol. The van der Waals surface area contributed by atoms with E-state index in [1.165, 1.54) is 24.8 Å². The van der Waals surface area contributed by atoms with Gasteiger partial charge in [-0.05, 0) is 45.3 Å². The number of likely N-dealkylation sites (tertiary alicyclic amines) is 1. The quantitative estimate of drug-likeness (QED) is 0.777. The second-order valence-corrected chi connectivity index (χ2v) is 5.10. The van der Waals surface area contributed by atoms with Crippen LogP contribution in [0.4, 0.5) is 0 Å². The highest BCUT2D eigenvalue weighted by atomic mass is 15.2. The van der Waals surface area contributed by atoms with Gasteiger partial charge in [0.05, 0.1) is 6.07 Å². The fourth-order valence-corrected chi connectivity index (χ4v) is 2.61. The smallest absolute Gasteiger partial charge is 0.131 e. The maximum Gasteiger partial charge on any atom is 0.131 e. The van der Waals surface area contributed by atoms with Crippen LogP contribution in [0.1, 0.15) is 37.3 Å². The maximum absolute atomic E-state index is 9.59. The van der Waals surface area contributed by atoms with Crippen LogP contribution in [0.2, 0.25) is 0 Å². The molecule has 1 aromatic carbocycles. The second kappa shape index (κ2) is 4.89. The molecule has 0 aliphatic carbocycles. The lowest BCUT2D eigenvalue weighted by Crippen LogP contribution is -2.45. The van der Waals surface area contributed by atoms with Gasteiger partial charge in [0.1, 0.15) is 5.54 Å². The summed E-state index contributed by atoms with van der Waals surface area (Å²) in [7, 11) is 0. The summed E-state index contributed by atoms with van der Waals surface area (Å²) in [4.78, 5) is 2.32.